The van der Waals surface area contributed by atoms with Crippen LogP contribution in [0.5, 0.6) is 0 Å². The van der Waals surface area contributed by atoms with Crippen LogP contribution in [0.3, 0.4) is 0 Å². The van der Waals surface area contributed by atoms with Crippen molar-refractivity contribution in [3.05, 3.63) is 18.0 Å². The summed E-state index contributed by atoms with van der Waals surface area (Å²) in [5.74, 6) is 0. The average molecular weight is 243 g/mol. The Balaban J connectivity index is 2.77. The van der Waals surface area contributed by atoms with Crippen LogP contribution in [0.1, 0.15) is 5.69 Å². The molecular weight excluding hydrogens is 239 g/mol. The van der Waals surface area contributed by atoms with Crippen LogP contribution < -0.4 is 0 Å². The predicted molar refractivity (Wildman–Crippen MR) is 51.8 cm³/mol. The highest BCUT2D eigenvalue weighted by molar-refractivity contribution is 8.04. The van der Waals surface area contributed by atoms with Gasteiger partial charge in [0.2, 0.25) is 3.12 Å². The molecule has 0 aromatic carbocycles. The maximum Gasteiger partial charge on any atom is 0.244 e. The molecule has 65 valence electrons. The van der Waals surface area contributed by atoms with Crippen LogP contribution in [-0.4, -0.2) is 13.1 Å². The van der Waals surface area contributed by atoms with Crippen molar-refractivity contribution >= 4 is 46.6 Å². The minimum Gasteiger partial charge on any atom is -0.228 e. The summed E-state index contributed by atoms with van der Waals surface area (Å²) in [6.07, 6.45) is 2.64. The Morgan fingerprint density at radius 1 is 1.50 bits per heavy atom. The van der Waals surface area contributed by atoms with E-state index >= 15 is 0 Å². The Hall–Kier alpha value is 0.300. The predicted octanol–water partition coefficient (Wildman–Crippen LogP) is 3.01. The van der Waals surface area contributed by atoms with Gasteiger partial charge in [0.25, 0.3) is 0 Å². The van der Waals surface area contributed by atoms with Crippen molar-refractivity contribution in [3.8, 4) is 0 Å². The Labute approximate surface area is 89.6 Å². The van der Waals surface area contributed by atoms with Gasteiger partial charge in [-0.25, -0.2) is 9.97 Å². The van der Waals surface area contributed by atoms with Crippen molar-refractivity contribution in [1.29, 1.82) is 0 Å². The van der Waals surface area contributed by atoms with Crippen LogP contribution >= 0.6 is 46.6 Å². The van der Waals surface area contributed by atoms with E-state index in [9.17, 15) is 0 Å². The lowest BCUT2D eigenvalue weighted by Crippen LogP contribution is -1.97. The minimum absolute atomic E-state index is 0.412. The van der Waals surface area contributed by atoms with Gasteiger partial charge in [0.15, 0.2) is 5.16 Å². The maximum absolute atomic E-state index is 5.52. The fourth-order valence-electron chi connectivity index (χ4n) is 0.538. The third-order valence-corrected chi connectivity index (χ3v) is 2.20. The van der Waals surface area contributed by atoms with E-state index in [0.717, 1.165) is 17.5 Å². The number of halogens is 3. The topological polar surface area (TPSA) is 25.8 Å². The van der Waals surface area contributed by atoms with Crippen LogP contribution in [0.4, 0.5) is 0 Å². The third-order valence-electron chi connectivity index (χ3n) is 0.913. The van der Waals surface area contributed by atoms with E-state index in [1.54, 1.807) is 6.07 Å². The molecule has 0 N–H and O–H groups in total. The summed E-state index contributed by atoms with van der Waals surface area (Å²) >= 11 is 17.5. The summed E-state index contributed by atoms with van der Waals surface area (Å²) in [6, 6.07) is 1.66. The zero-order valence-corrected chi connectivity index (χ0v) is 9.10. The zero-order chi connectivity index (χ0) is 9.19. The number of rotatable bonds is 1. The van der Waals surface area contributed by atoms with Crippen molar-refractivity contribution in [2.24, 2.45) is 0 Å². The molecule has 0 spiro atoms. The molecule has 0 bridgehead atoms. The van der Waals surface area contributed by atoms with Crippen LogP contribution in [0, 0.1) is 13.1 Å². The molecular formula is C6H4Cl3N2S. The van der Waals surface area contributed by atoms with Crippen LogP contribution in [0.15, 0.2) is 11.2 Å². The first-order valence-electron chi connectivity index (χ1n) is 2.95. The van der Waals surface area contributed by atoms with E-state index in [4.69, 9.17) is 34.8 Å². The minimum atomic E-state index is -1.42. The van der Waals surface area contributed by atoms with E-state index in [1.807, 2.05) is 6.92 Å². The second-order valence-electron chi connectivity index (χ2n) is 1.97. The summed E-state index contributed by atoms with van der Waals surface area (Å²) in [7, 11) is 0. The zero-order valence-electron chi connectivity index (χ0n) is 6.01. The van der Waals surface area contributed by atoms with Gasteiger partial charge in [-0.15, -0.1) is 0 Å². The van der Waals surface area contributed by atoms with Crippen LogP contribution in [-0.2, 0) is 0 Å². The molecule has 1 radical (unpaired) electrons. The van der Waals surface area contributed by atoms with Gasteiger partial charge in [-0.05, 0) is 24.8 Å². The SMILES string of the molecule is Cc1c[c]nc(SC(Cl)(Cl)Cl)n1. The van der Waals surface area contributed by atoms with Crippen molar-refractivity contribution < 1.29 is 0 Å². The summed E-state index contributed by atoms with van der Waals surface area (Å²) in [5.41, 5.74) is 0.793. The van der Waals surface area contributed by atoms with Crippen molar-refractivity contribution in [2.45, 2.75) is 15.2 Å². The quantitative estimate of drug-likeness (QED) is 0.430. The van der Waals surface area contributed by atoms with Crippen molar-refractivity contribution in [1.82, 2.24) is 9.97 Å². The normalized spacial score (nSPS) is 11.7. The lowest BCUT2D eigenvalue weighted by Gasteiger charge is -2.07. The monoisotopic (exact) mass is 241 g/mol. The second kappa shape index (κ2) is 4.01. The molecule has 0 amide bonds. The van der Waals surface area contributed by atoms with Crippen molar-refractivity contribution in [2.75, 3.05) is 0 Å². The fraction of sp³-hybridized carbons (Fsp3) is 0.333. The molecule has 6 heteroatoms. The summed E-state index contributed by atoms with van der Waals surface area (Å²) in [4.78, 5) is 7.82. The Morgan fingerprint density at radius 2 is 2.17 bits per heavy atom. The smallest absolute Gasteiger partial charge is 0.228 e. The largest absolute Gasteiger partial charge is 0.244 e. The molecule has 0 saturated carbocycles. The van der Waals surface area contributed by atoms with Gasteiger partial charge in [-0.3, -0.25) is 0 Å². The fourth-order valence-corrected chi connectivity index (χ4v) is 1.65. The Kier molecular flexibility index (Phi) is 3.47. The number of hydrogen-bond acceptors (Lipinski definition) is 3. The first-order chi connectivity index (χ1) is 5.47. The number of nitrogens with zero attached hydrogens (tertiary/aromatic N) is 2. The molecule has 0 saturated heterocycles. The highest BCUT2D eigenvalue weighted by atomic mass is 35.6. The maximum atomic E-state index is 5.52. The van der Waals surface area contributed by atoms with Crippen LogP contribution in [0.2, 0.25) is 0 Å². The molecule has 0 fully saturated rings. The lowest BCUT2D eigenvalue weighted by molar-refractivity contribution is 0.927. The van der Waals surface area contributed by atoms with Gasteiger partial charge in [0.1, 0.15) is 0 Å². The summed E-state index contributed by atoms with van der Waals surface area (Å²) in [6.45, 7) is 1.82. The van der Waals surface area contributed by atoms with Gasteiger partial charge in [0, 0.05) is 5.69 Å². The Bertz CT molecular complexity index is 274. The van der Waals surface area contributed by atoms with E-state index in [0.29, 0.717) is 5.16 Å². The van der Waals surface area contributed by atoms with Gasteiger partial charge < -0.3 is 0 Å². The van der Waals surface area contributed by atoms with E-state index in [-0.39, 0.29) is 0 Å². The highest BCUT2D eigenvalue weighted by Gasteiger charge is 2.22. The molecule has 0 aliphatic rings. The van der Waals surface area contributed by atoms with E-state index in [1.165, 1.54) is 0 Å². The van der Waals surface area contributed by atoms with Crippen molar-refractivity contribution in [3.63, 3.8) is 0 Å². The average Bonchev–Trinajstić information content (AvgIpc) is 1.82. The first kappa shape index (κ1) is 10.4. The number of hydrogen-bond donors (Lipinski definition) is 0. The molecule has 12 heavy (non-hydrogen) atoms. The highest BCUT2D eigenvalue weighted by Crippen LogP contribution is 2.41. The van der Waals surface area contributed by atoms with Gasteiger partial charge in [0.05, 0.1) is 6.20 Å². The molecule has 1 aromatic heterocycles. The molecule has 2 nitrogen and oxygen atoms in total. The summed E-state index contributed by atoms with van der Waals surface area (Å²) in [5, 5.41) is 0.412. The number of alkyl halides is 3. The van der Waals surface area contributed by atoms with Crippen LogP contribution in [0.25, 0.3) is 0 Å². The van der Waals surface area contributed by atoms with Gasteiger partial charge >= 0.3 is 0 Å². The molecule has 1 heterocycles. The molecule has 0 atom stereocenters. The number of aryl methyl sites for hydroxylation is 1. The second-order valence-corrected chi connectivity index (χ2v) is 6.10. The van der Waals surface area contributed by atoms with Gasteiger partial charge in [-0.1, -0.05) is 34.8 Å². The standard InChI is InChI=1S/C6H4Cl3N2S/c1-4-2-3-10-5(11-4)12-6(7,8)9/h2H,1H3. The van der Waals surface area contributed by atoms with Gasteiger partial charge in [-0.2, -0.15) is 0 Å². The Morgan fingerprint density at radius 3 is 2.67 bits per heavy atom. The molecule has 0 aliphatic carbocycles. The molecule has 1 aromatic rings. The molecule has 0 unspecified atom stereocenters. The first-order valence-corrected chi connectivity index (χ1v) is 4.90. The summed E-state index contributed by atoms with van der Waals surface area (Å²) < 4.78 is -1.42. The number of aromatic nitrogens is 2. The third kappa shape index (κ3) is 3.81. The van der Waals surface area contributed by atoms with E-state index in [2.05, 4.69) is 16.2 Å². The number of thioether (sulfide) groups is 1. The molecule has 0 aliphatic heterocycles. The van der Waals surface area contributed by atoms with E-state index < -0.39 is 3.12 Å². The molecule has 1 rings (SSSR count). The lowest BCUT2D eigenvalue weighted by atomic mass is 10.5.